The summed E-state index contributed by atoms with van der Waals surface area (Å²) in [6, 6.07) is 5.93. The lowest BCUT2D eigenvalue weighted by Crippen LogP contribution is -1.94. The summed E-state index contributed by atoms with van der Waals surface area (Å²) in [5, 5.41) is 13.4. The first-order chi connectivity index (χ1) is 7.83. The number of nitrogens with one attached hydrogen (secondary N) is 1. The van der Waals surface area contributed by atoms with Gasteiger partial charge in [-0.15, -0.1) is 0 Å². The van der Waals surface area contributed by atoms with Gasteiger partial charge in [-0.3, -0.25) is 0 Å². The minimum absolute atomic E-state index is 0.741. The van der Waals surface area contributed by atoms with Crippen LogP contribution in [0.4, 0.5) is 0 Å². The van der Waals surface area contributed by atoms with Gasteiger partial charge >= 0.3 is 0 Å². The molecule has 0 saturated heterocycles. The molecule has 0 unspecified atom stereocenters. The van der Waals surface area contributed by atoms with E-state index in [1.54, 1.807) is 7.11 Å². The largest absolute Gasteiger partial charge is 0.497 e. The molecule has 0 fully saturated rings. The van der Waals surface area contributed by atoms with Crippen LogP contribution in [0.2, 0.25) is 0 Å². The Kier molecular flexibility index (Phi) is 1.89. The zero-order valence-corrected chi connectivity index (χ0v) is 8.95. The highest BCUT2D eigenvalue weighted by atomic mass is 16.5. The number of nitrogens with zero attached hydrogens (tertiary/aromatic N) is 1. The molecule has 1 aromatic carbocycles. The van der Waals surface area contributed by atoms with E-state index in [0.29, 0.717) is 0 Å². The predicted molar refractivity (Wildman–Crippen MR) is 61.5 cm³/mol. The molecule has 0 spiro atoms. The van der Waals surface area contributed by atoms with E-state index in [4.69, 9.17) is 9.94 Å². The van der Waals surface area contributed by atoms with Crippen molar-refractivity contribution in [3.8, 4) is 5.75 Å². The highest BCUT2D eigenvalue weighted by Crippen LogP contribution is 2.32. The molecule has 2 N–H and O–H groups in total. The summed E-state index contributed by atoms with van der Waals surface area (Å²) < 4.78 is 5.21. The van der Waals surface area contributed by atoms with E-state index in [-0.39, 0.29) is 0 Å². The van der Waals surface area contributed by atoms with Crippen LogP contribution >= 0.6 is 0 Å². The van der Waals surface area contributed by atoms with E-state index in [2.05, 4.69) is 10.1 Å². The summed E-state index contributed by atoms with van der Waals surface area (Å²) in [4.78, 5) is 3.28. The molecule has 82 valence electrons. The lowest BCUT2D eigenvalue weighted by molar-refractivity contribution is 0.318. The van der Waals surface area contributed by atoms with Crippen LogP contribution in [-0.2, 0) is 6.42 Å². The number of aryl methyl sites for hydroxylation is 1. The average molecular weight is 216 g/mol. The molecule has 1 aromatic heterocycles. The van der Waals surface area contributed by atoms with Crippen molar-refractivity contribution >= 4 is 16.6 Å². The van der Waals surface area contributed by atoms with E-state index in [0.717, 1.165) is 40.9 Å². The number of aromatic nitrogens is 1. The van der Waals surface area contributed by atoms with Gasteiger partial charge in [-0.1, -0.05) is 5.16 Å². The topological polar surface area (TPSA) is 57.6 Å². The maximum Gasteiger partial charge on any atom is 0.119 e. The van der Waals surface area contributed by atoms with Gasteiger partial charge in [-0.05, 0) is 36.6 Å². The van der Waals surface area contributed by atoms with Crippen LogP contribution in [0.3, 0.4) is 0 Å². The minimum atomic E-state index is 0.741. The number of ether oxygens (including phenoxy) is 1. The number of fused-ring (bicyclic) bond motifs is 3. The van der Waals surface area contributed by atoms with E-state index >= 15 is 0 Å². The third kappa shape index (κ3) is 1.13. The molecule has 0 saturated carbocycles. The fraction of sp³-hybridized carbons (Fsp3) is 0.250. The Bertz CT molecular complexity index is 584. The second-order valence-corrected chi connectivity index (χ2v) is 3.94. The molecule has 1 aliphatic carbocycles. The Morgan fingerprint density at radius 3 is 3.00 bits per heavy atom. The van der Waals surface area contributed by atoms with Crippen LogP contribution in [0, 0.1) is 0 Å². The molecule has 0 aliphatic heterocycles. The zero-order valence-electron chi connectivity index (χ0n) is 8.95. The first-order valence-corrected chi connectivity index (χ1v) is 5.23. The Labute approximate surface area is 92.5 Å². The number of rotatable bonds is 1. The van der Waals surface area contributed by atoms with Crippen molar-refractivity contribution in [1.82, 2.24) is 4.98 Å². The van der Waals surface area contributed by atoms with Gasteiger partial charge in [0.05, 0.1) is 12.8 Å². The van der Waals surface area contributed by atoms with E-state index < -0.39 is 0 Å². The lowest BCUT2D eigenvalue weighted by atomic mass is 10.1. The molecule has 0 atom stereocenters. The van der Waals surface area contributed by atoms with Crippen molar-refractivity contribution in [2.24, 2.45) is 5.16 Å². The van der Waals surface area contributed by atoms with Gasteiger partial charge in [0.2, 0.25) is 0 Å². The fourth-order valence-electron chi connectivity index (χ4n) is 2.33. The highest BCUT2D eigenvalue weighted by Gasteiger charge is 2.23. The number of H-pyrrole nitrogens is 1. The molecule has 2 aromatic rings. The van der Waals surface area contributed by atoms with E-state index in [1.807, 2.05) is 18.2 Å². The molecule has 4 nitrogen and oxygen atoms in total. The molecule has 1 heterocycles. The number of oxime groups is 1. The molecule has 1 aliphatic rings. The van der Waals surface area contributed by atoms with Gasteiger partial charge in [0.1, 0.15) is 11.5 Å². The predicted octanol–water partition coefficient (Wildman–Crippen LogP) is 2.30. The minimum Gasteiger partial charge on any atom is -0.497 e. The normalized spacial score (nSPS) is 16.9. The molecule has 16 heavy (non-hydrogen) atoms. The molecule has 0 bridgehead atoms. The second kappa shape index (κ2) is 3.27. The van der Waals surface area contributed by atoms with Gasteiger partial charge in [0, 0.05) is 10.9 Å². The number of hydrogen-bond donors (Lipinski definition) is 2. The third-order valence-corrected chi connectivity index (χ3v) is 3.13. The molecular weight excluding hydrogens is 204 g/mol. The number of benzene rings is 1. The van der Waals surface area contributed by atoms with Gasteiger partial charge < -0.3 is 14.9 Å². The average Bonchev–Trinajstić information content (AvgIpc) is 2.86. The summed E-state index contributed by atoms with van der Waals surface area (Å²) in [5.41, 5.74) is 3.99. The standard InChI is InChI=1S/C12H12N2O2/c1-16-7-2-4-10-9(6-7)8-3-5-11(14-15)12(8)13-10/h2,4,6,13,15H,3,5H2,1H3/b14-11+. The van der Waals surface area contributed by atoms with Crippen LogP contribution in [-0.4, -0.2) is 23.0 Å². The highest BCUT2D eigenvalue weighted by molar-refractivity contribution is 6.08. The maximum absolute atomic E-state index is 8.88. The van der Waals surface area contributed by atoms with Gasteiger partial charge in [-0.25, -0.2) is 0 Å². The van der Waals surface area contributed by atoms with Crippen LogP contribution < -0.4 is 4.74 Å². The quantitative estimate of drug-likeness (QED) is 0.567. The Balaban J connectivity index is 2.28. The van der Waals surface area contributed by atoms with Crippen LogP contribution in [0.15, 0.2) is 23.4 Å². The zero-order chi connectivity index (χ0) is 11.1. The third-order valence-electron chi connectivity index (χ3n) is 3.13. The molecule has 0 amide bonds. The van der Waals surface area contributed by atoms with Gasteiger partial charge in [0.25, 0.3) is 0 Å². The van der Waals surface area contributed by atoms with Crippen molar-refractivity contribution in [2.45, 2.75) is 12.8 Å². The first kappa shape index (κ1) is 9.27. The Morgan fingerprint density at radius 1 is 1.38 bits per heavy atom. The number of methoxy groups -OCH3 is 1. The van der Waals surface area contributed by atoms with E-state index in [1.165, 1.54) is 5.56 Å². The maximum atomic E-state index is 8.88. The van der Waals surface area contributed by atoms with Crippen molar-refractivity contribution in [3.05, 3.63) is 29.5 Å². The van der Waals surface area contributed by atoms with Gasteiger partial charge in [0.15, 0.2) is 0 Å². The molecule has 3 rings (SSSR count). The molecule has 4 heteroatoms. The summed E-state index contributed by atoms with van der Waals surface area (Å²) in [6.45, 7) is 0. The summed E-state index contributed by atoms with van der Waals surface area (Å²) in [5.74, 6) is 0.851. The van der Waals surface area contributed by atoms with E-state index in [9.17, 15) is 0 Å². The number of hydrogen-bond acceptors (Lipinski definition) is 3. The van der Waals surface area contributed by atoms with Crippen LogP contribution in [0.5, 0.6) is 5.75 Å². The molecular formula is C12H12N2O2. The summed E-state index contributed by atoms with van der Waals surface area (Å²) in [6.07, 6.45) is 1.71. The van der Waals surface area contributed by atoms with Crippen molar-refractivity contribution in [3.63, 3.8) is 0 Å². The first-order valence-electron chi connectivity index (χ1n) is 5.23. The Hall–Kier alpha value is -1.97. The molecule has 0 radical (unpaired) electrons. The SMILES string of the molecule is COc1ccc2[nH]c3c(c2c1)CC/C3=N\O. The Morgan fingerprint density at radius 2 is 2.25 bits per heavy atom. The smallest absolute Gasteiger partial charge is 0.119 e. The van der Waals surface area contributed by atoms with Crippen molar-refractivity contribution < 1.29 is 9.94 Å². The van der Waals surface area contributed by atoms with Crippen molar-refractivity contribution in [1.29, 1.82) is 0 Å². The van der Waals surface area contributed by atoms with Crippen molar-refractivity contribution in [2.75, 3.05) is 7.11 Å². The second-order valence-electron chi connectivity index (χ2n) is 3.94. The van der Waals surface area contributed by atoms with Crippen LogP contribution in [0.25, 0.3) is 10.9 Å². The van der Waals surface area contributed by atoms with Gasteiger partial charge in [-0.2, -0.15) is 0 Å². The summed E-state index contributed by atoms with van der Waals surface area (Å²) >= 11 is 0. The fourth-order valence-corrected chi connectivity index (χ4v) is 2.33. The monoisotopic (exact) mass is 216 g/mol. The number of aromatic amines is 1. The lowest BCUT2D eigenvalue weighted by Gasteiger charge is -1.99. The van der Waals surface area contributed by atoms with Crippen LogP contribution in [0.1, 0.15) is 17.7 Å². The summed E-state index contributed by atoms with van der Waals surface area (Å²) in [7, 11) is 1.66.